The summed E-state index contributed by atoms with van der Waals surface area (Å²) in [4.78, 5) is 24.7. The zero-order chi connectivity index (χ0) is 23.6. The van der Waals surface area contributed by atoms with E-state index in [2.05, 4.69) is 5.32 Å². The van der Waals surface area contributed by atoms with Crippen molar-refractivity contribution in [1.29, 1.82) is 0 Å². The minimum absolute atomic E-state index is 0.0295. The Morgan fingerprint density at radius 1 is 1.16 bits per heavy atom. The molecule has 0 saturated heterocycles. The van der Waals surface area contributed by atoms with E-state index in [1.807, 2.05) is 0 Å². The molecule has 0 fully saturated rings. The van der Waals surface area contributed by atoms with E-state index in [-0.39, 0.29) is 21.4 Å². The summed E-state index contributed by atoms with van der Waals surface area (Å²) in [6.07, 6.45) is 0. The summed E-state index contributed by atoms with van der Waals surface area (Å²) in [5.74, 6) is -0.938. The molecular formula is C21H21ClN2O7S. The van der Waals surface area contributed by atoms with Crippen LogP contribution in [0.2, 0.25) is 5.02 Å². The predicted molar refractivity (Wildman–Crippen MR) is 119 cm³/mol. The van der Waals surface area contributed by atoms with E-state index < -0.39 is 28.5 Å². The Hall–Kier alpha value is -3.08. The molecule has 0 spiro atoms. The fraction of sp³-hybridized carbons (Fsp3) is 0.238. The number of carbonyl (C=O) groups excluding carboxylic acids is 2. The average Bonchev–Trinajstić information content (AvgIpc) is 3.09. The number of furan rings is 1. The van der Waals surface area contributed by atoms with Crippen LogP contribution in [0.25, 0.3) is 11.0 Å². The van der Waals surface area contributed by atoms with Gasteiger partial charge in [0.2, 0.25) is 15.8 Å². The van der Waals surface area contributed by atoms with Gasteiger partial charge in [0.25, 0.3) is 5.91 Å². The van der Waals surface area contributed by atoms with Crippen molar-refractivity contribution in [1.82, 2.24) is 4.31 Å². The minimum atomic E-state index is -3.72. The van der Waals surface area contributed by atoms with Crippen LogP contribution in [0.5, 0.6) is 5.75 Å². The van der Waals surface area contributed by atoms with E-state index in [1.165, 1.54) is 39.4 Å². The Balaban J connectivity index is 1.71. The lowest BCUT2D eigenvalue weighted by molar-refractivity contribution is -0.119. The number of rotatable bonds is 7. The van der Waals surface area contributed by atoms with Gasteiger partial charge < -0.3 is 19.2 Å². The Morgan fingerprint density at radius 2 is 1.88 bits per heavy atom. The second-order valence-corrected chi connectivity index (χ2v) is 9.53. The first-order valence-corrected chi connectivity index (χ1v) is 11.1. The Kier molecular flexibility index (Phi) is 6.77. The molecule has 0 aliphatic carbocycles. The van der Waals surface area contributed by atoms with Crippen LogP contribution in [0.3, 0.4) is 0 Å². The molecule has 9 nitrogen and oxygen atoms in total. The van der Waals surface area contributed by atoms with E-state index in [9.17, 15) is 18.0 Å². The molecule has 32 heavy (non-hydrogen) atoms. The van der Waals surface area contributed by atoms with Crippen molar-refractivity contribution >= 4 is 50.2 Å². The van der Waals surface area contributed by atoms with Crippen LogP contribution in [0, 0.1) is 6.92 Å². The zero-order valence-electron chi connectivity index (χ0n) is 17.8. The van der Waals surface area contributed by atoms with Gasteiger partial charge in [0.1, 0.15) is 11.3 Å². The number of aryl methyl sites for hydroxylation is 1. The summed E-state index contributed by atoms with van der Waals surface area (Å²) >= 11 is 6.06. The molecule has 0 bridgehead atoms. The quantitative estimate of drug-likeness (QED) is 0.515. The number of methoxy groups -OCH3 is 1. The second-order valence-electron chi connectivity index (χ2n) is 6.97. The molecule has 2 aromatic carbocycles. The van der Waals surface area contributed by atoms with Crippen molar-refractivity contribution in [2.45, 2.75) is 11.8 Å². The summed E-state index contributed by atoms with van der Waals surface area (Å²) < 4.78 is 41.4. The van der Waals surface area contributed by atoms with E-state index >= 15 is 0 Å². The van der Waals surface area contributed by atoms with Crippen LogP contribution in [0.1, 0.15) is 16.1 Å². The maximum Gasteiger partial charge on any atom is 0.375 e. The van der Waals surface area contributed by atoms with Crippen molar-refractivity contribution < 1.29 is 31.9 Å². The third-order valence-electron chi connectivity index (χ3n) is 4.65. The molecule has 0 unspecified atom stereocenters. The first-order chi connectivity index (χ1) is 15.0. The third-order valence-corrected chi connectivity index (χ3v) is 6.79. The van der Waals surface area contributed by atoms with Crippen molar-refractivity contribution in [3.8, 4) is 5.75 Å². The summed E-state index contributed by atoms with van der Waals surface area (Å²) in [5.41, 5.74) is 1.10. The highest BCUT2D eigenvalue weighted by Gasteiger charge is 2.22. The third kappa shape index (κ3) is 4.72. The number of benzene rings is 2. The lowest BCUT2D eigenvalue weighted by Gasteiger charge is -2.13. The van der Waals surface area contributed by atoms with E-state index in [0.29, 0.717) is 22.3 Å². The maximum atomic E-state index is 12.4. The first-order valence-electron chi connectivity index (χ1n) is 9.30. The normalized spacial score (nSPS) is 11.6. The molecule has 3 aromatic rings. The van der Waals surface area contributed by atoms with Crippen molar-refractivity contribution in [3.05, 3.63) is 52.7 Å². The molecule has 3 rings (SSSR count). The summed E-state index contributed by atoms with van der Waals surface area (Å²) in [7, 11) is 0.584. The molecule has 1 N–H and O–H groups in total. The first kappa shape index (κ1) is 23.6. The van der Waals surface area contributed by atoms with Crippen LogP contribution < -0.4 is 10.1 Å². The summed E-state index contributed by atoms with van der Waals surface area (Å²) in [6, 6.07) is 9.00. The van der Waals surface area contributed by atoms with Gasteiger partial charge in [0, 0.05) is 25.0 Å². The lowest BCUT2D eigenvalue weighted by Crippen LogP contribution is -2.23. The van der Waals surface area contributed by atoms with Gasteiger partial charge in [-0.05, 0) is 43.3 Å². The highest BCUT2D eigenvalue weighted by molar-refractivity contribution is 7.89. The van der Waals surface area contributed by atoms with Gasteiger partial charge in [-0.1, -0.05) is 11.6 Å². The Labute approximate surface area is 189 Å². The number of fused-ring (bicyclic) bond motifs is 1. The molecule has 1 amide bonds. The number of esters is 1. The fourth-order valence-electron chi connectivity index (χ4n) is 2.88. The van der Waals surface area contributed by atoms with Gasteiger partial charge in [-0.3, -0.25) is 4.79 Å². The number of sulfonamides is 1. The van der Waals surface area contributed by atoms with Crippen LogP contribution in [0.4, 0.5) is 5.69 Å². The van der Waals surface area contributed by atoms with E-state index in [4.69, 9.17) is 25.5 Å². The number of hydrogen-bond acceptors (Lipinski definition) is 7. The van der Waals surface area contributed by atoms with Gasteiger partial charge >= 0.3 is 5.97 Å². The van der Waals surface area contributed by atoms with Crippen molar-refractivity contribution in [3.63, 3.8) is 0 Å². The Morgan fingerprint density at radius 3 is 2.53 bits per heavy atom. The van der Waals surface area contributed by atoms with Crippen molar-refractivity contribution in [2.24, 2.45) is 0 Å². The fourth-order valence-corrected chi connectivity index (χ4v) is 3.97. The number of hydrogen-bond donors (Lipinski definition) is 1. The molecule has 170 valence electrons. The topological polar surface area (TPSA) is 115 Å². The molecule has 0 saturated carbocycles. The number of halogens is 1. The number of ether oxygens (including phenoxy) is 2. The highest BCUT2D eigenvalue weighted by atomic mass is 35.5. The maximum absolute atomic E-state index is 12.4. The van der Waals surface area contributed by atoms with Crippen molar-refractivity contribution in [2.75, 3.05) is 33.1 Å². The van der Waals surface area contributed by atoms with Crippen LogP contribution in [-0.2, 0) is 19.6 Å². The molecular weight excluding hydrogens is 460 g/mol. The number of amides is 1. The lowest BCUT2D eigenvalue weighted by atomic mass is 10.1. The smallest absolute Gasteiger partial charge is 0.375 e. The molecule has 1 aromatic heterocycles. The molecule has 11 heteroatoms. The molecule has 0 aliphatic rings. The zero-order valence-corrected chi connectivity index (χ0v) is 19.3. The number of nitrogens with zero attached hydrogens (tertiary/aromatic N) is 1. The van der Waals surface area contributed by atoms with Gasteiger partial charge in [-0.2, -0.15) is 0 Å². The van der Waals surface area contributed by atoms with Crippen LogP contribution in [0.15, 0.2) is 45.7 Å². The number of carbonyl (C=O) groups is 2. The van der Waals surface area contributed by atoms with E-state index in [0.717, 1.165) is 4.31 Å². The Bertz CT molecular complexity index is 1300. The van der Waals surface area contributed by atoms with Gasteiger partial charge in [-0.15, -0.1) is 0 Å². The molecule has 0 radical (unpaired) electrons. The van der Waals surface area contributed by atoms with Crippen LogP contribution >= 0.6 is 11.6 Å². The van der Waals surface area contributed by atoms with Gasteiger partial charge in [-0.25, -0.2) is 17.5 Å². The minimum Gasteiger partial charge on any atom is -0.497 e. The summed E-state index contributed by atoms with van der Waals surface area (Å²) in [5, 5.41) is 3.26. The average molecular weight is 481 g/mol. The summed E-state index contributed by atoms with van der Waals surface area (Å²) in [6.45, 7) is 1.07. The monoisotopic (exact) mass is 480 g/mol. The standard InChI is InChI=1S/C21H21ClN2O7S/c1-12-15-9-13(29-4)5-8-18(15)31-20(12)21(26)30-11-19(25)23-17-10-14(6-7-16(17)22)32(27,28)24(2)3/h5-10H,11H2,1-4H3,(H,23,25). The molecule has 1 heterocycles. The second kappa shape index (κ2) is 9.19. The SMILES string of the molecule is COc1ccc2oc(C(=O)OCC(=O)Nc3cc(S(=O)(=O)N(C)C)ccc3Cl)c(C)c2c1. The predicted octanol–water partition coefficient (Wildman–Crippen LogP) is 3.45. The van der Waals surface area contributed by atoms with Gasteiger partial charge in [0.15, 0.2) is 6.61 Å². The number of anilines is 1. The highest BCUT2D eigenvalue weighted by Crippen LogP contribution is 2.29. The van der Waals surface area contributed by atoms with Gasteiger partial charge in [0.05, 0.1) is 22.7 Å². The number of nitrogens with one attached hydrogen (secondary N) is 1. The largest absolute Gasteiger partial charge is 0.497 e. The van der Waals surface area contributed by atoms with E-state index in [1.54, 1.807) is 25.1 Å². The van der Waals surface area contributed by atoms with Crippen LogP contribution in [-0.4, -0.2) is 52.4 Å². The molecule has 0 aliphatic heterocycles. The molecule has 0 atom stereocenters.